The summed E-state index contributed by atoms with van der Waals surface area (Å²) >= 11 is 0. The molecule has 0 fully saturated rings. The van der Waals surface area contributed by atoms with Crippen LogP contribution in [0.4, 0.5) is 0 Å². The Morgan fingerprint density at radius 2 is 2.00 bits per heavy atom. The van der Waals surface area contributed by atoms with Crippen molar-refractivity contribution in [1.29, 1.82) is 0 Å². The number of nitrogens with one attached hydrogen (secondary N) is 1. The molecule has 5 nitrogen and oxygen atoms in total. The zero-order valence-corrected chi connectivity index (χ0v) is 13.4. The van der Waals surface area contributed by atoms with Gasteiger partial charge in [-0.1, -0.05) is 0 Å². The van der Waals surface area contributed by atoms with Gasteiger partial charge in [0, 0.05) is 36.2 Å². The summed E-state index contributed by atoms with van der Waals surface area (Å²) in [7, 11) is 0. The van der Waals surface area contributed by atoms with E-state index in [9.17, 15) is 4.79 Å². The van der Waals surface area contributed by atoms with Crippen LogP contribution < -0.4 is 11.1 Å². The lowest BCUT2D eigenvalue weighted by Gasteiger charge is -2.08. The topological polar surface area (TPSA) is 72.9 Å². The summed E-state index contributed by atoms with van der Waals surface area (Å²) in [4.78, 5) is 15.8. The number of benzene rings is 1. The Kier molecular flexibility index (Phi) is 8.69. The third-order valence-electron chi connectivity index (χ3n) is 2.82. The number of nitrogens with two attached hydrogens (primary N) is 1. The lowest BCUT2D eigenvalue weighted by molar-refractivity contribution is 0.0953. The van der Waals surface area contributed by atoms with Gasteiger partial charge in [-0.2, -0.15) is 0 Å². The molecule has 0 aliphatic heterocycles. The van der Waals surface area contributed by atoms with Crippen molar-refractivity contribution in [3.8, 4) is 5.69 Å². The van der Waals surface area contributed by atoms with Gasteiger partial charge >= 0.3 is 0 Å². The molecule has 1 atom stereocenters. The minimum Gasteiger partial charge on any atom is -0.352 e. The number of carbonyl (C=O) groups is 1. The van der Waals surface area contributed by atoms with Crippen molar-refractivity contribution < 1.29 is 4.79 Å². The van der Waals surface area contributed by atoms with Crippen LogP contribution in [0, 0.1) is 0 Å². The number of aromatic nitrogens is 2. The smallest absolute Gasteiger partial charge is 0.251 e. The van der Waals surface area contributed by atoms with E-state index in [1.807, 2.05) is 29.8 Å². The van der Waals surface area contributed by atoms with Gasteiger partial charge in [0.1, 0.15) is 0 Å². The van der Waals surface area contributed by atoms with Gasteiger partial charge in [0.05, 0.1) is 6.33 Å². The predicted octanol–water partition coefficient (Wildman–Crippen LogP) is 2.18. The molecule has 0 saturated carbocycles. The third-order valence-corrected chi connectivity index (χ3v) is 2.82. The fourth-order valence-corrected chi connectivity index (χ4v) is 1.71. The van der Waals surface area contributed by atoms with E-state index in [-0.39, 0.29) is 36.8 Å². The Balaban J connectivity index is 0.00000200. The number of carbonyl (C=O) groups excluding carboxylic acids is 1. The molecule has 0 aliphatic carbocycles. The SMILES string of the molecule is CC(N)CCNC(=O)c1ccc(-n2ccnc2)cc1.Cl.Cl. The van der Waals surface area contributed by atoms with Gasteiger partial charge in [-0.05, 0) is 37.6 Å². The second-order valence-corrected chi connectivity index (χ2v) is 4.54. The first kappa shape index (κ1) is 19.4. The van der Waals surface area contributed by atoms with Crippen molar-refractivity contribution in [2.75, 3.05) is 6.54 Å². The van der Waals surface area contributed by atoms with Crippen LogP contribution in [0.15, 0.2) is 43.0 Å². The molecule has 116 valence electrons. The van der Waals surface area contributed by atoms with Crippen LogP contribution in [-0.2, 0) is 0 Å². The lowest BCUT2D eigenvalue weighted by atomic mass is 10.2. The lowest BCUT2D eigenvalue weighted by Crippen LogP contribution is -2.28. The van der Waals surface area contributed by atoms with E-state index in [0.717, 1.165) is 12.1 Å². The summed E-state index contributed by atoms with van der Waals surface area (Å²) in [5.74, 6) is -0.0715. The summed E-state index contributed by atoms with van der Waals surface area (Å²) in [6.45, 7) is 2.52. The standard InChI is InChI=1S/C14H18N4O.2ClH/c1-11(15)6-7-17-14(19)12-2-4-13(5-3-12)18-9-8-16-10-18;;/h2-5,8-11H,6-7,15H2,1H3,(H,17,19);2*1H. The van der Waals surface area contributed by atoms with Gasteiger partial charge in [0.2, 0.25) is 0 Å². The highest BCUT2D eigenvalue weighted by Gasteiger charge is 2.05. The molecule has 1 aromatic carbocycles. The van der Waals surface area contributed by atoms with Crippen molar-refractivity contribution in [2.24, 2.45) is 5.73 Å². The molecule has 0 spiro atoms. The van der Waals surface area contributed by atoms with E-state index in [1.54, 1.807) is 24.7 Å². The summed E-state index contributed by atoms with van der Waals surface area (Å²) < 4.78 is 1.89. The largest absolute Gasteiger partial charge is 0.352 e. The Labute approximate surface area is 136 Å². The molecule has 1 unspecified atom stereocenters. The normalized spacial score (nSPS) is 11.0. The predicted molar refractivity (Wildman–Crippen MR) is 88.7 cm³/mol. The average Bonchev–Trinajstić information content (AvgIpc) is 2.92. The van der Waals surface area contributed by atoms with E-state index in [4.69, 9.17) is 5.73 Å². The fraction of sp³-hybridized carbons (Fsp3) is 0.286. The zero-order chi connectivity index (χ0) is 13.7. The molecular formula is C14H20Cl2N4O. The minimum atomic E-state index is -0.0715. The maximum absolute atomic E-state index is 11.9. The van der Waals surface area contributed by atoms with Crippen LogP contribution in [0.25, 0.3) is 5.69 Å². The van der Waals surface area contributed by atoms with Crippen LogP contribution in [0.3, 0.4) is 0 Å². The molecule has 7 heteroatoms. The highest BCUT2D eigenvalue weighted by atomic mass is 35.5. The zero-order valence-electron chi connectivity index (χ0n) is 11.7. The molecule has 1 heterocycles. The van der Waals surface area contributed by atoms with Gasteiger partial charge < -0.3 is 15.6 Å². The number of halogens is 2. The van der Waals surface area contributed by atoms with Crippen LogP contribution in [0.1, 0.15) is 23.7 Å². The quantitative estimate of drug-likeness (QED) is 0.882. The Hall–Kier alpha value is -1.56. The van der Waals surface area contributed by atoms with E-state index in [2.05, 4.69) is 10.3 Å². The number of hydrogen-bond donors (Lipinski definition) is 2. The van der Waals surface area contributed by atoms with Crippen LogP contribution in [-0.4, -0.2) is 28.0 Å². The van der Waals surface area contributed by atoms with E-state index in [1.165, 1.54) is 0 Å². The highest BCUT2D eigenvalue weighted by Crippen LogP contribution is 2.09. The summed E-state index contributed by atoms with van der Waals surface area (Å²) in [5, 5.41) is 2.85. The van der Waals surface area contributed by atoms with Gasteiger partial charge in [-0.15, -0.1) is 24.8 Å². The summed E-state index contributed by atoms with van der Waals surface area (Å²) in [6.07, 6.45) is 6.07. The highest BCUT2D eigenvalue weighted by molar-refractivity contribution is 5.94. The molecule has 21 heavy (non-hydrogen) atoms. The molecular weight excluding hydrogens is 311 g/mol. The van der Waals surface area contributed by atoms with Gasteiger partial charge in [-0.25, -0.2) is 4.98 Å². The van der Waals surface area contributed by atoms with Crippen LogP contribution >= 0.6 is 24.8 Å². The molecule has 1 aromatic heterocycles. The molecule has 1 amide bonds. The second-order valence-electron chi connectivity index (χ2n) is 4.54. The van der Waals surface area contributed by atoms with Gasteiger partial charge in [0.25, 0.3) is 5.91 Å². The fourth-order valence-electron chi connectivity index (χ4n) is 1.71. The van der Waals surface area contributed by atoms with Crippen molar-refractivity contribution in [3.63, 3.8) is 0 Å². The second kappa shape index (κ2) is 9.39. The summed E-state index contributed by atoms with van der Waals surface area (Å²) in [5.41, 5.74) is 7.25. The van der Waals surface area contributed by atoms with E-state index < -0.39 is 0 Å². The van der Waals surface area contributed by atoms with Crippen molar-refractivity contribution >= 4 is 30.7 Å². The first-order valence-electron chi connectivity index (χ1n) is 6.29. The molecule has 0 bridgehead atoms. The average molecular weight is 331 g/mol. The van der Waals surface area contributed by atoms with Gasteiger partial charge in [0.15, 0.2) is 0 Å². The van der Waals surface area contributed by atoms with Crippen LogP contribution in [0.5, 0.6) is 0 Å². The molecule has 2 rings (SSSR count). The number of imidazole rings is 1. The van der Waals surface area contributed by atoms with Crippen molar-refractivity contribution in [1.82, 2.24) is 14.9 Å². The van der Waals surface area contributed by atoms with E-state index in [0.29, 0.717) is 12.1 Å². The Morgan fingerprint density at radius 3 is 2.52 bits per heavy atom. The monoisotopic (exact) mass is 330 g/mol. The van der Waals surface area contributed by atoms with Gasteiger partial charge in [-0.3, -0.25) is 4.79 Å². The maximum Gasteiger partial charge on any atom is 0.251 e. The first-order chi connectivity index (χ1) is 9.16. The molecule has 0 radical (unpaired) electrons. The number of hydrogen-bond acceptors (Lipinski definition) is 3. The van der Waals surface area contributed by atoms with Crippen molar-refractivity contribution in [3.05, 3.63) is 48.5 Å². The number of nitrogens with zero attached hydrogens (tertiary/aromatic N) is 2. The number of rotatable bonds is 5. The summed E-state index contributed by atoms with van der Waals surface area (Å²) in [6, 6.07) is 7.49. The maximum atomic E-state index is 11.9. The number of amides is 1. The molecule has 3 N–H and O–H groups in total. The first-order valence-corrected chi connectivity index (χ1v) is 6.29. The third kappa shape index (κ3) is 5.75. The Morgan fingerprint density at radius 1 is 1.33 bits per heavy atom. The Bertz CT molecular complexity index is 526. The molecule has 2 aromatic rings. The van der Waals surface area contributed by atoms with Crippen LogP contribution in [0.2, 0.25) is 0 Å². The van der Waals surface area contributed by atoms with Crippen molar-refractivity contribution in [2.45, 2.75) is 19.4 Å². The minimum absolute atomic E-state index is 0. The molecule has 0 saturated heterocycles. The van der Waals surface area contributed by atoms with E-state index >= 15 is 0 Å². The molecule has 0 aliphatic rings.